The monoisotopic (exact) mass is 368 g/mol. The van der Waals surface area contributed by atoms with Gasteiger partial charge >= 0.3 is 5.97 Å². The fraction of sp³-hybridized carbons (Fsp3) is 0.381. The predicted molar refractivity (Wildman–Crippen MR) is 102 cm³/mol. The van der Waals surface area contributed by atoms with Crippen molar-refractivity contribution in [1.82, 2.24) is 10.2 Å². The molecule has 1 aliphatic rings. The average molecular weight is 368 g/mol. The molecule has 0 saturated carbocycles. The highest BCUT2D eigenvalue weighted by atomic mass is 16.4. The number of hydrogen-bond acceptors (Lipinski definition) is 3. The zero-order valence-electron chi connectivity index (χ0n) is 15.2. The van der Waals surface area contributed by atoms with Gasteiger partial charge in [-0.1, -0.05) is 42.5 Å². The van der Waals surface area contributed by atoms with Crippen molar-refractivity contribution in [2.24, 2.45) is 5.92 Å². The van der Waals surface area contributed by atoms with E-state index in [1.807, 2.05) is 42.5 Å². The number of fused-ring (bicyclic) bond motifs is 1. The Morgan fingerprint density at radius 1 is 1.04 bits per heavy atom. The first kappa shape index (κ1) is 18.9. The third-order valence-electron chi connectivity index (χ3n) is 5.10. The summed E-state index contributed by atoms with van der Waals surface area (Å²) in [4.78, 5) is 37.0. The summed E-state index contributed by atoms with van der Waals surface area (Å²) >= 11 is 0. The van der Waals surface area contributed by atoms with E-state index in [0.717, 1.165) is 16.3 Å². The molecular weight excluding hydrogens is 344 g/mol. The van der Waals surface area contributed by atoms with Gasteiger partial charge in [0.25, 0.3) is 0 Å². The number of nitrogens with zero attached hydrogens (tertiary/aromatic N) is 1. The van der Waals surface area contributed by atoms with Gasteiger partial charge < -0.3 is 15.3 Å². The summed E-state index contributed by atoms with van der Waals surface area (Å²) in [6.07, 6.45) is 1.78. The van der Waals surface area contributed by atoms with E-state index in [1.165, 1.54) is 0 Å². The zero-order valence-corrected chi connectivity index (χ0v) is 15.2. The van der Waals surface area contributed by atoms with Crippen molar-refractivity contribution in [3.05, 3.63) is 48.0 Å². The molecule has 1 aliphatic heterocycles. The van der Waals surface area contributed by atoms with Crippen LogP contribution in [0.2, 0.25) is 0 Å². The van der Waals surface area contributed by atoms with Crippen molar-refractivity contribution < 1.29 is 19.5 Å². The van der Waals surface area contributed by atoms with Crippen LogP contribution in [0.4, 0.5) is 0 Å². The summed E-state index contributed by atoms with van der Waals surface area (Å²) in [5.41, 5.74) is 0.938. The molecule has 1 fully saturated rings. The molecule has 2 aromatic rings. The molecule has 0 bridgehead atoms. The lowest BCUT2D eigenvalue weighted by Gasteiger charge is -2.31. The Labute approximate surface area is 158 Å². The first-order valence-electron chi connectivity index (χ1n) is 9.26. The minimum atomic E-state index is -0.791. The Balaban J connectivity index is 1.48. The number of amides is 2. The Morgan fingerprint density at radius 2 is 1.74 bits per heavy atom. The van der Waals surface area contributed by atoms with Gasteiger partial charge in [0, 0.05) is 19.5 Å². The Bertz CT molecular complexity index is 836. The summed E-state index contributed by atoms with van der Waals surface area (Å²) in [5.74, 6) is -0.955. The number of benzene rings is 2. The fourth-order valence-electron chi connectivity index (χ4n) is 3.60. The second-order valence-electron chi connectivity index (χ2n) is 7.01. The second kappa shape index (κ2) is 8.66. The van der Waals surface area contributed by atoms with E-state index in [2.05, 4.69) is 5.32 Å². The molecule has 0 unspecified atom stereocenters. The summed E-state index contributed by atoms with van der Waals surface area (Å²) in [6.45, 7) is 1.08. The highest BCUT2D eigenvalue weighted by Crippen LogP contribution is 2.21. The number of carbonyl (C=O) groups is 3. The van der Waals surface area contributed by atoms with Crippen LogP contribution in [0.25, 0.3) is 10.8 Å². The van der Waals surface area contributed by atoms with Crippen molar-refractivity contribution in [3.63, 3.8) is 0 Å². The van der Waals surface area contributed by atoms with Crippen molar-refractivity contribution in [1.29, 1.82) is 0 Å². The molecule has 2 N–H and O–H groups in total. The first-order valence-corrected chi connectivity index (χ1v) is 9.26. The van der Waals surface area contributed by atoms with Gasteiger partial charge in [-0.2, -0.15) is 0 Å². The van der Waals surface area contributed by atoms with E-state index in [1.54, 1.807) is 4.90 Å². The number of aliphatic carboxylic acids is 1. The van der Waals surface area contributed by atoms with E-state index in [-0.39, 0.29) is 37.1 Å². The average Bonchev–Trinajstić information content (AvgIpc) is 2.66. The van der Waals surface area contributed by atoms with Gasteiger partial charge in [-0.15, -0.1) is 0 Å². The molecule has 0 aromatic heterocycles. The lowest BCUT2D eigenvalue weighted by Crippen LogP contribution is -2.44. The molecule has 6 heteroatoms. The van der Waals surface area contributed by atoms with E-state index in [0.29, 0.717) is 25.9 Å². The van der Waals surface area contributed by atoms with Crippen LogP contribution in [-0.2, 0) is 20.8 Å². The largest absolute Gasteiger partial charge is 0.481 e. The van der Waals surface area contributed by atoms with Crippen LogP contribution in [0.1, 0.15) is 24.8 Å². The molecule has 0 atom stereocenters. The summed E-state index contributed by atoms with van der Waals surface area (Å²) < 4.78 is 0. The SMILES string of the molecule is O=C(O)CC1CCN(C(=O)CNC(=O)Cc2cccc3ccccc23)CC1. The first-order chi connectivity index (χ1) is 13.0. The molecule has 0 spiro atoms. The van der Waals surface area contributed by atoms with Crippen LogP contribution in [0.3, 0.4) is 0 Å². The summed E-state index contributed by atoms with van der Waals surface area (Å²) in [5, 5.41) is 13.7. The van der Waals surface area contributed by atoms with Crippen molar-refractivity contribution in [2.75, 3.05) is 19.6 Å². The predicted octanol–water partition coefficient (Wildman–Crippen LogP) is 2.21. The fourth-order valence-corrected chi connectivity index (χ4v) is 3.60. The van der Waals surface area contributed by atoms with Gasteiger partial charge in [0.05, 0.1) is 13.0 Å². The van der Waals surface area contributed by atoms with E-state index in [4.69, 9.17) is 5.11 Å². The minimum absolute atomic E-state index is 0.0206. The van der Waals surface area contributed by atoms with Crippen LogP contribution in [0.5, 0.6) is 0 Å². The normalized spacial score (nSPS) is 14.9. The van der Waals surface area contributed by atoms with Crippen molar-refractivity contribution >= 4 is 28.6 Å². The number of rotatable bonds is 6. The van der Waals surface area contributed by atoms with Crippen molar-refractivity contribution in [2.45, 2.75) is 25.7 Å². The Kier molecular flexibility index (Phi) is 6.06. The number of carbonyl (C=O) groups excluding carboxylic acids is 2. The maximum Gasteiger partial charge on any atom is 0.303 e. The van der Waals surface area contributed by atoms with Gasteiger partial charge in [-0.05, 0) is 35.1 Å². The summed E-state index contributed by atoms with van der Waals surface area (Å²) in [7, 11) is 0. The number of carboxylic acids is 1. The maximum atomic E-state index is 12.3. The number of nitrogens with one attached hydrogen (secondary N) is 1. The smallest absolute Gasteiger partial charge is 0.303 e. The highest BCUT2D eigenvalue weighted by Gasteiger charge is 2.24. The standard InChI is InChI=1S/C21H24N2O4/c24-19(13-17-6-3-5-16-4-1-2-7-18(16)17)22-14-20(25)23-10-8-15(9-11-23)12-21(26)27/h1-7,15H,8-14H2,(H,22,24)(H,26,27). The number of hydrogen-bond donors (Lipinski definition) is 2. The number of likely N-dealkylation sites (tertiary alicyclic amines) is 1. The van der Waals surface area contributed by atoms with Gasteiger partial charge in [0.1, 0.15) is 0 Å². The van der Waals surface area contributed by atoms with Crippen LogP contribution in [0.15, 0.2) is 42.5 Å². The molecule has 0 radical (unpaired) electrons. The lowest BCUT2D eigenvalue weighted by atomic mass is 9.93. The van der Waals surface area contributed by atoms with Gasteiger partial charge in [0.2, 0.25) is 11.8 Å². The molecular formula is C21H24N2O4. The topological polar surface area (TPSA) is 86.7 Å². The third kappa shape index (κ3) is 5.06. The van der Waals surface area contributed by atoms with Crippen LogP contribution < -0.4 is 5.32 Å². The van der Waals surface area contributed by atoms with E-state index in [9.17, 15) is 14.4 Å². The number of piperidine rings is 1. The van der Waals surface area contributed by atoms with Crippen LogP contribution >= 0.6 is 0 Å². The summed E-state index contributed by atoms with van der Waals surface area (Å²) in [6, 6.07) is 13.8. The molecule has 3 rings (SSSR count). The molecule has 1 saturated heterocycles. The Morgan fingerprint density at radius 3 is 2.48 bits per heavy atom. The highest BCUT2D eigenvalue weighted by molar-refractivity contribution is 5.91. The second-order valence-corrected chi connectivity index (χ2v) is 7.01. The third-order valence-corrected chi connectivity index (χ3v) is 5.10. The molecule has 1 heterocycles. The van der Waals surface area contributed by atoms with Crippen molar-refractivity contribution in [3.8, 4) is 0 Å². The molecule has 0 aliphatic carbocycles. The molecule has 27 heavy (non-hydrogen) atoms. The molecule has 2 amide bonds. The molecule has 142 valence electrons. The van der Waals surface area contributed by atoms with Crippen LogP contribution in [-0.4, -0.2) is 47.4 Å². The number of carboxylic acid groups (broad SMARTS) is 1. The van der Waals surface area contributed by atoms with E-state index < -0.39 is 5.97 Å². The Hall–Kier alpha value is -2.89. The molecule has 6 nitrogen and oxygen atoms in total. The van der Waals surface area contributed by atoms with E-state index >= 15 is 0 Å². The zero-order chi connectivity index (χ0) is 19.2. The van der Waals surface area contributed by atoms with Gasteiger partial charge in [0.15, 0.2) is 0 Å². The molecule has 2 aromatic carbocycles. The quantitative estimate of drug-likeness (QED) is 0.818. The van der Waals surface area contributed by atoms with Gasteiger partial charge in [-0.3, -0.25) is 14.4 Å². The minimum Gasteiger partial charge on any atom is -0.481 e. The lowest BCUT2D eigenvalue weighted by molar-refractivity contribution is -0.139. The van der Waals surface area contributed by atoms with Gasteiger partial charge in [-0.25, -0.2) is 0 Å². The maximum absolute atomic E-state index is 12.3. The van der Waals surface area contributed by atoms with Crippen LogP contribution in [0, 0.1) is 5.92 Å².